The fourth-order valence-electron chi connectivity index (χ4n) is 3.41. The number of nitrogens with one attached hydrogen (secondary N) is 2. The first-order valence-electron chi connectivity index (χ1n) is 10.1. The highest BCUT2D eigenvalue weighted by molar-refractivity contribution is 5.90. The molecule has 1 aromatic carbocycles. The van der Waals surface area contributed by atoms with Gasteiger partial charge >= 0.3 is 12.0 Å². The summed E-state index contributed by atoms with van der Waals surface area (Å²) in [6.07, 6.45) is 1.40. The van der Waals surface area contributed by atoms with Crippen LogP contribution in [-0.4, -0.2) is 54.3 Å². The van der Waals surface area contributed by atoms with Crippen molar-refractivity contribution in [2.45, 2.75) is 52.8 Å². The lowest BCUT2D eigenvalue weighted by atomic mass is 9.85. The van der Waals surface area contributed by atoms with E-state index in [4.69, 9.17) is 4.74 Å². The van der Waals surface area contributed by atoms with E-state index in [1.54, 1.807) is 0 Å². The summed E-state index contributed by atoms with van der Waals surface area (Å²) < 4.78 is 5.12. The molecule has 0 spiro atoms. The van der Waals surface area contributed by atoms with E-state index in [1.165, 1.54) is 4.90 Å². The molecule has 1 heterocycles. The van der Waals surface area contributed by atoms with Gasteiger partial charge in [0.2, 0.25) is 5.91 Å². The van der Waals surface area contributed by atoms with Crippen LogP contribution in [0.3, 0.4) is 0 Å². The largest absolute Gasteiger partial charge is 0.460 e. The van der Waals surface area contributed by atoms with Crippen LogP contribution in [0, 0.1) is 11.3 Å². The molecule has 8 heteroatoms. The molecule has 0 radical (unpaired) electrons. The molecule has 2 rings (SSSR count). The lowest BCUT2D eigenvalue weighted by Gasteiger charge is -2.34. The van der Waals surface area contributed by atoms with Crippen molar-refractivity contribution in [1.29, 1.82) is 0 Å². The third-order valence-corrected chi connectivity index (χ3v) is 5.02. The van der Waals surface area contributed by atoms with E-state index in [1.807, 2.05) is 58.0 Å². The first-order chi connectivity index (χ1) is 14.1. The van der Waals surface area contributed by atoms with Crippen molar-refractivity contribution in [2.24, 2.45) is 11.3 Å². The number of ether oxygens (including phenoxy) is 1. The molecule has 2 N–H and O–H groups in total. The maximum Gasteiger partial charge on any atom is 0.325 e. The second-order valence-corrected chi connectivity index (χ2v) is 8.81. The zero-order chi connectivity index (χ0) is 22.3. The van der Waals surface area contributed by atoms with Gasteiger partial charge in [-0.15, -0.1) is 0 Å². The molecule has 30 heavy (non-hydrogen) atoms. The van der Waals surface area contributed by atoms with Gasteiger partial charge in [0.25, 0.3) is 0 Å². The maximum absolute atomic E-state index is 13.1. The summed E-state index contributed by atoms with van der Waals surface area (Å²) >= 11 is 0. The summed E-state index contributed by atoms with van der Waals surface area (Å²) in [6, 6.07) is 7.25. The van der Waals surface area contributed by atoms with Crippen molar-refractivity contribution in [2.75, 3.05) is 13.1 Å². The van der Waals surface area contributed by atoms with Crippen molar-refractivity contribution in [1.82, 2.24) is 15.5 Å². The second kappa shape index (κ2) is 10.2. The molecular weight excluding hydrogens is 386 g/mol. The highest BCUT2D eigenvalue weighted by Gasteiger charge is 2.41. The van der Waals surface area contributed by atoms with Gasteiger partial charge in [0.1, 0.15) is 25.5 Å². The summed E-state index contributed by atoms with van der Waals surface area (Å²) in [7, 11) is 0. The second-order valence-electron chi connectivity index (χ2n) is 8.81. The molecule has 0 aromatic heterocycles. The number of benzene rings is 1. The molecule has 1 saturated heterocycles. The van der Waals surface area contributed by atoms with Crippen LogP contribution in [0.1, 0.15) is 39.7 Å². The van der Waals surface area contributed by atoms with Crippen molar-refractivity contribution in [3.05, 3.63) is 35.9 Å². The van der Waals surface area contributed by atoms with Crippen LogP contribution in [0.15, 0.2) is 30.3 Å². The minimum atomic E-state index is -0.842. The summed E-state index contributed by atoms with van der Waals surface area (Å²) in [5, 5.41) is 5.09. The zero-order valence-electron chi connectivity index (χ0n) is 18.0. The number of nitrogens with zero attached hydrogens (tertiary/aromatic N) is 1. The number of hydrogen-bond donors (Lipinski definition) is 2. The molecule has 3 unspecified atom stereocenters. The van der Waals surface area contributed by atoms with Crippen LogP contribution in [0.4, 0.5) is 4.79 Å². The molecule has 0 bridgehead atoms. The van der Waals surface area contributed by atoms with Gasteiger partial charge in [0.05, 0.1) is 6.04 Å². The van der Waals surface area contributed by atoms with E-state index < -0.39 is 29.5 Å². The third kappa shape index (κ3) is 6.57. The number of aldehydes is 1. The molecule has 1 fully saturated rings. The molecular formula is C22H31N3O5. The van der Waals surface area contributed by atoms with Gasteiger partial charge in [0, 0.05) is 6.54 Å². The Hall–Kier alpha value is -2.90. The van der Waals surface area contributed by atoms with Crippen molar-refractivity contribution >= 4 is 24.2 Å². The molecule has 8 nitrogen and oxygen atoms in total. The summed E-state index contributed by atoms with van der Waals surface area (Å²) in [5.41, 5.74) is 0.264. The van der Waals surface area contributed by atoms with Crippen LogP contribution in [0.2, 0.25) is 0 Å². The third-order valence-electron chi connectivity index (χ3n) is 5.02. The van der Waals surface area contributed by atoms with Crippen LogP contribution >= 0.6 is 0 Å². The lowest BCUT2D eigenvalue weighted by Crippen LogP contribution is -2.58. The Balaban J connectivity index is 1.89. The standard InChI is InChI=1S/C22H31N3O5/c1-15-10-17(13-26)25(12-15)20(28)19(22(2,3)4)24-21(29)23-11-18(27)30-14-16-8-6-5-7-9-16/h5-9,13,15,17,19H,10-12,14H2,1-4H3,(H2,23,24,29). The zero-order valence-corrected chi connectivity index (χ0v) is 18.0. The van der Waals surface area contributed by atoms with Crippen LogP contribution < -0.4 is 10.6 Å². The lowest BCUT2D eigenvalue weighted by molar-refractivity contribution is -0.143. The Morgan fingerprint density at radius 3 is 2.50 bits per heavy atom. The van der Waals surface area contributed by atoms with Gasteiger partial charge in [-0.25, -0.2) is 4.79 Å². The average Bonchev–Trinajstić information content (AvgIpc) is 3.09. The van der Waals surface area contributed by atoms with Crippen LogP contribution in [0.25, 0.3) is 0 Å². The number of carbonyl (C=O) groups excluding carboxylic acids is 4. The fraction of sp³-hybridized carbons (Fsp3) is 0.545. The van der Waals surface area contributed by atoms with Crippen molar-refractivity contribution in [3.63, 3.8) is 0 Å². The van der Waals surface area contributed by atoms with Gasteiger partial charge in [0.15, 0.2) is 0 Å². The normalized spacial score (nSPS) is 19.7. The first-order valence-corrected chi connectivity index (χ1v) is 10.1. The maximum atomic E-state index is 13.1. The number of hydrogen-bond acceptors (Lipinski definition) is 5. The number of carbonyl (C=O) groups is 4. The van der Waals surface area contributed by atoms with Crippen LogP contribution in [-0.2, 0) is 25.7 Å². The minimum absolute atomic E-state index is 0.117. The smallest absolute Gasteiger partial charge is 0.325 e. The Bertz CT molecular complexity index is 760. The van der Waals surface area contributed by atoms with E-state index in [9.17, 15) is 19.2 Å². The Morgan fingerprint density at radius 2 is 1.90 bits per heavy atom. The monoisotopic (exact) mass is 417 g/mol. The van der Waals surface area contributed by atoms with E-state index in [0.29, 0.717) is 13.0 Å². The number of amides is 3. The number of esters is 1. The van der Waals surface area contributed by atoms with Gasteiger partial charge in [-0.05, 0) is 23.3 Å². The Kier molecular flexibility index (Phi) is 7.97. The predicted octanol–water partition coefficient (Wildman–Crippen LogP) is 1.88. The molecule has 1 aromatic rings. The SMILES string of the molecule is CC1CC(C=O)N(C(=O)C(NC(=O)NCC(=O)OCc2ccccc2)C(C)(C)C)C1. The molecule has 0 saturated carbocycles. The van der Waals surface area contributed by atoms with Crippen molar-refractivity contribution < 1.29 is 23.9 Å². The molecule has 1 aliphatic heterocycles. The fourth-order valence-corrected chi connectivity index (χ4v) is 3.41. The highest BCUT2D eigenvalue weighted by atomic mass is 16.5. The summed E-state index contributed by atoms with van der Waals surface area (Å²) in [6.45, 7) is 7.76. The van der Waals surface area contributed by atoms with E-state index in [0.717, 1.165) is 11.8 Å². The van der Waals surface area contributed by atoms with Gasteiger partial charge in [-0.1, -0.05) is 58.0 Å². The van der Waals surface area contributed by atoms with E-state index >= 15 is 0 Å². The average molecular weight is 418 g/mol. The molecule has 164 valence electrons. The van der Waals surface area contributed by atoms with E-state index in [-0.39, 0.29) is 25.0 Å². The summed E-state index contributed by atoms with van der Waals surface area (Å²) in [5.74, 6) is -0.661. The highest BCUT2D eigenvalue weighted by Crippen LogP contribution is 2.27. The summed E-state index contributed by atoms with van der Waals surface area (Å²) in [4.78, 5) is 50.2. The topological polar surface area (TPSA) is 105 Å². The van der Waals surface area contributed by atoms with Crippen molar-refractivity contribution in [3.8, 4) is 0 Å². The number of likely N-dealkylation sites (tertiary alicyclic amines) is 1. The Morgan fingerprint density at radius 1 is 1.23 bits per heavy atom. The van der Waals surface area contributed by atoms with E-state index in [2.05, 4.69) is 10.6 Å². The van der Waals surface area contributed by atoms with Gasteiger partial charge in [-0.2, -0.15) is 0 Å². The predicted molar refractivity (Wildman–Crippen MR) is 111 cm³/mol. The van der Waals surface area contributed by atoms with Gasteiger partial charge < -0.3 is 25.1 Å². The molecule has 1 aliphatic rings. The van der Waals surface area contributed by atoms with Crippen LogP contribution in [0.5, 0.6) is 0 Å². The van der Waals surface area contributed by atoms with Gasteiger partial charge in [-0.3, -0.25) is 9.59 Å². The molecule has 3 amide bonds. The minimum Gasteiger partial charge on any atom is -0.460 e. The molecule has 0 aliphatic carbocycles. The quantitative estimate of drug-likeness (QED) is 0.521. The first kappa shape index (κ1) is 23.4. The number of urea groups is 1. The number of rotatable bonds is 7. The Labute approximate surface area is 177 Å². The molecule has 3 atom stereocenters.